The molecule has 0 atom stereocenters. The summed E-state index contributed by atoms with van der Waals surface area (Å²) in [7, 11) is 0. The van der Waals surface area contributed by atoms with Crippen molar-refractivity contribution in [1.82, 2.24) is 4.90 Å². The highest BCUT2D eigenvalue weighted by molar-refractivity contribution is 7.09. The average Bonchev–Trinajstić information content (AvgIpc) is 3.21. The normalized spacial score (nSPS) is 14.1. The van der Waals surface area contributed by atoms with Gasteiger partial charge in [0, 0.05) is 22.2 Å². The van der Waals surface area contributed by atoms with Crippen molar-refractivity contribution >= 4 is 22.9 Å². The first kappa shape index (κ1) is 13.1. The summed E-state index contributed by atoms with van der Waals surface area (Å²) in [5.41, 5.74) is 4.09. The number of carbonyl (C=O) groups is 1. The van der Waals surface area contributed by atoms with Gasteiger partial charge in [-0.05, 0) is 48.6 Å². The Hall–Kier alpha value is -1.85. The first-order valence-electron chi connectivity index (χ1n) is 6.68. The molecule has 0 aliphatic heterocycles. The molecular formula is C15H17N3OS. The van der Waals surface area contributed by atoms with Gasteiger partial charge in [0.25, 0.3) is 5.91 Å². The van der Waals surface area contributed by atoms with Crippen LogP contribution in [0.1, 0.15) is 28.1 Å². The molecule has 20 heavy (non-hydrogen) atoms. The summed E-state index contributed by atoms with van der Waals surface area (Å²) in [6.07, 6.45) is 2.22. The van der Waals surface area contributed by atoms with Gasteiger partial charge in [-0.15, -0.1) is 11.3 Å². The first-order chi connectivity index (χ1) is 9.78. The van der Waals surface area contributed by atoms with Crippen molar-refractivity contribution in [2.75, 3.05) is 5.43 Å². The van der Waals surface area contributed by atoms with Gasteiger partial charge in [-0.25, -0.2) is 0 Å². The van der Waals surface area contributed by atoms with Crippen LogP contribution in [0.3, 0.4) is 0 Å². The van der Waals surface area contributed by atoms with E-state index >= 15 is 0 Å². The number of hydrogen-bond donors (Lipinski definition) is 2. The fraction of sp³-hybridized carbons (Fsp3) is 0.267. The second-order valence-electron chi connectivity index (χ2n) is 4.97. The van der Waals surface area contributed by atoms with Gasteiger partial charge in [0.1, 0.15) is 0 Å². The minimum atomic E-state index is 0.101. The molecule has 3 N–H and O–H groups in total. The van der Waals surface area contributed by atoms with Crippen molar-refractivity contribution in [3.63, 3.8) is 0 Å². The van der Waals surface area contributed by atoms with Crippen molar-refractivity contribution < 1.29 is 4.79 Å². The van der Waals surface area contributed by atoms with Gasteiger partial charge in [0.15, 0.2) is 0 Å². The number of amides is 1. The Morgan fingerprint density at radius 2 is 2.05 bits per heavy atom. The molecule has 0 saturated heterocycles. The van der Waals surface area contributed by atoms with Gasteiger partial charge >= 0.3 is 0 Å². The number of thiophene rings is 1. The fourth-order valence-electron chi connectivity index (χ4n) is 2.20. The van der Waals surface area contributed by atoms with Crippen LogP contribution in [0.2, 0.25) is 0 Å². The van der Waals surface area contributed by atoms with Crippen LogP contribution < -0.4 is 11.3 Å². The van der Waals surface area contributed by atoms with Crippen LogP contribution in [0.25, 0.3) is 0 Å². The van der Waals surface area contributed by atoms with Crippen molar-refractivity contribution in [3.8, 4) is 0 Å². The minimum Gasteiger partial charge on any atom is -0.331 e. The summed E-state index contributed by atoms with van der Waals surface area (Å²) < 4.78 is 0. The predicted molar refractivity (Wildman–Crippen MR) is 81.5 cm³/mol. The van der Waals surface area contributed by atoms with E-state index < -0.39 is 0 Å². The van der Waals surface area contributed by atoms with Gasteiger partial charge in [-0.3, -0.25) is 10.6 Å². The topological polar surface area (TPSA) is 58.4 Å². The van der Waals surface area contributed by atoms with Crippen LogP contribution in [0, 0.1) is 0 Å². The van der Waals surface area contributed by atoms with E-state index in [0.717, 1.165) is 18.5 Å². The monoisotopic (exact) mass is 287 g/mol. The Labute approximate surface area is 122 Å². The molecule has 1 fully saturated rings. The second-order valence-corrected chi connectivity index (χ2v) is 6.00. The average molecular weight is 287 g/mol. The van der Waals surface area contributed by atoms with Crippen LogP contribution in [0.15, 0.2) is 41.8 Å². The van der Waals surface area contributed by atoms with Crippen LogP contribution in [0.4, 0.5) is 5.69 Å². The zero-order valence-electron chi connectivity index (χ0n) is 11.1. The zero-order chi connectivity index (χ0) is 13.9. The predicted octanol–water partition coefficient (Wildman–Crippen LogP) is 2.84. The molecule has 4 nitrogen and oxygen atoms in total. The maximum Gasteiger partial charge on any atom is 0.254 e. The van der Waals surface area contributed by atoms with Crippen LogP contribution in [0.5, 0.6) is 0 Å². The Morgan fingerprint density at radius 3 is 2.60 bits per heavy atom. The number of hydrazine groups is 1. The van der Waals surface area contributed by atoms with E-state index in [0.29, 0.717) is 18.2 Å². The largest absolute Gasteiger partial charge is 0.331 e. The van der Waals surface area contributed by atoms with E-state index in [4.69, 9.17) is 5.84 Å². The molecular weight excluding hydrogens is 270 g/mol. The molecule has 1 aliphatic carbocycles. The van der Waals surface area contributed by atoms with Gasteiger partial charge in [-0.1, -0.05) is 6.07 Å². The molecule has 1 heterocycles. The highest BCUT2D eigenvalue weighted by Crippen LogP contribution is 2.30. The minimum absolute atomic E-state index is 0.101. The van der Waals surface area contributed by atoms with Crippen LogP contribution in [-0.2, 0) is 6.54 Å². The van der Waals surface area contributed by atoms with Crippen LogP contribution in [-0.4, -0.2) is 16.8 Å². The molecule has 0 spiro atoms. The molecule has 3 rings (SSSR count). The number of nitrogens with one attached hydrogen (secondary N) is 1. The SMILES string of the molecule is NNc1ccc(C(=O)N(Cc2cccs2)C2CC2)cc1. The van der Waals surface area contributed by atoms with E-state index in [-0.39, 0.29) is 5.91 Å². The summed E-state index contributed by atoms with van der Waals surface area (Å²) >= 11 is 1.69. The van der Waals surface area contributed by atoms with E-state index in [1.165, 1.54) is 4.88 Å². The zero-order valence-corrected chi connectivity index (χ0v) is 11.9. The molecule has 0 bridgehead atoms. The Morgan fingerprint density at radius 1 is 1.30 bits per heavy atom. The lowest BCUT2D eigenvalue weighted by atomic mass is 10.1. The smallest absolute Gasteiger partial charge is 0.254 e. The van der Waals surface area contributed by atoms with E-state index in [1.807, 2.05) is 40.6 Å². The Kier molecular flexibility index (Phi) is 3.71. The number of benzene rings is 1. The number of nitrogens with zero attached hydrogens (tertiary/aromatic N) is 1. The molecule has 0 radical (unpaired) electrons. The summed E-state index contributed by atoms with van der Waals surface area (Å²) in [6.45, 7) is 0.706. The lowest BCUT2D eigenvalue weighted by Gasteiger charge is -2.22. The molecule has 104 valence electrons. The Bertz CT molecular complexity index is 576. The standard InChI is InChI=1S/C15H17N3OS/c16-17-12-5-3-11(4-6-12)15(19)18(13-7-8-13)10-14-2-1-9-20-14/h1-6,9,13,17H,7-8,10,16H2. The van der Waals surface area contributed by atoms with E-state index in [2.05, 4.69) is 11.5 Å². The fourth-order valence-corrected chi connectivity index (χ4v) is 2.90. The quantitative estimate of drug-likeness (QED) is 0.656. The summed E-state index contributed by atoms with van der Waals surface area (Å²) in [5, 5.41) is 2.05. The van der Waals surface area contributed by atoms with Crippen molar-refractivity contribution in [1.29, 1.82) is 0 Å². The van der Waals surface area contributed by atoms with Crippen molar-refractivity contribution in [3.05, 3.63) is 52.2 Å². The molecule has 1 saturated carbocycles. The highest BCUT2D eigenvalue weighted by atomic mass is 32.1. The van der Waals surface area contributed by atoms with E-state index in [9.17, 15) is 4.79 Å². The molecule has 1 aliphatic rings. The first-order valence-corrected chi connectivity index (χ1v) is 7.56. The number of anilines is 1. The number of nitrogen functional groups attached to an aromatic ring is 1. The summed E-state index contributed by atoms with van der Waals surface area (Å²) in [5.74, 6) is 5.44. The third kappa shape index (κ3) is 2.84. The maximum atomic E-state index is 12.6. The summed E-state index contributed by atoms with van der Waals surface area (Å²) in [6, 6.07) is 11.8. The lowest BCUT2D eigenvalue weighted by Crippen LogP contribution is -2.32. The van der Waals surface area contributed by atoms with Gasteiger partial charge in [-0.2, -0.15) is 0 Å². The van der Waals surface area contributed by atoms with Gasteiger partial charge < -0.3 is 10.3 Å². The van der Waals surface area contributed by atoms with E-state index in [1.54, 1.807) is 11.3 Å². The second kappa shape index (κ2) is 5.64. The van der Waals surface area contributed by atoms with Gasteiger partial charge in [0.2, 0.25) is 0 Å². The number of nitrogens with two attached hydrogens (primary N) is 1. The third-order valence-electron chi connectivity index (χ3n) is 3.45. The van der Waals surface area contributed by atoms with Crippen molar-refractivity contribution in [2.45, 2.75) is 25.4 Å². The van der Waals surface area contributed by atoms with Gasteiger partial charge in [0.05, 0.1) is 6.54 Å². The highest BCUT2D eigenvalue weighted by Gasteiger charge is 2.33. The number of carbonyl (C=O) groups excluding carboxylic acids is 1. The lowest BCUT2D eigenvalue weighted by molar-refractivity contribution is 0.0731. The van der Waals surface area contributed by atoms with Crippen LogP contribution >= 0.6 is 11.3 Å². The molecule has 0 unspecified atom stereocenters. The molecule has 5 heteroatoms. The third-order valence-corrected chi connectivity index (χ3v) is 4.31. The number of hydrogen-bond acceptors (Lipinski definition) is 4. The number of rotatable bonds is 5. The molecule has 1 aromatic carbocycles. The molecule has 1 aromatic heterocycles. The molecule has 1 amide bonds. The molecule has 2 aromatic rings. The summed E-state index contributed by atoms with van der Waals surface area (Å²) in [4.78, 5) is 15.8. The maximum absolute atomic E-state index is 12.6. The Balaban J connectivity index is 1.77. The van der Waals surface area contributed by atoms with Crippen molar-refractivity contribution in [2.24, 2.45) is 5.84 Å².